The zero-order chi connectivity index (χ0) is 15.8. The highest BCUT2D eigenvalue weighted by molar-refractivity contribution is 7.98. The Kier molecular flexibility index (Phi) is 7.93. The van der Waals surface area contributed by atoms with Crippen LogP contribution in [0, 0.1) is 23.3 Å². The molecular formula is C15H20F4OS. The van der Waals surface area contributed by atoms with Crippen molar-refractivity contribution in [3.8, 4) is 5.75 Å². The van der Waals surface area contributed by atoms with Gasteiger partial charge in [-0.25, -0.2) is 8.78 Å². The van der Waals surface area contributed by atoms with Crippen molar-refractivity contribution in [2.45, 2.75) is 39.0 Å². The Labute approximate surface area is 127 Å². The number of benzene rings is 1. The first kappa shape index (κ1) is 18.1. The Morgan fingerprint density at radius 1 is 0.905 bits per heavy atom. The molecule has 0 bridgehead atoms. The molecule has 0 unspecified atom stereocenters. The van der Waals surface area contributed by atoms with Crippen LogP contribution in [0.5, 0.6) is 5.75 Å². The summed E-state index contributed by atoms with van der Waals surface area (Å²) in [7, 11) is 0. The van der Waals surface area contributed by atoms with E-state index in [2.05, 4.69) is 0 Å². The average molecular weight is 324 g/mol. The molecule has 1 rings (SSSR count). The van der Waals surface area contributed by atoms with E-state index in [1.54, 1.807) is 0 Å². The Balaban J connectivity index is 2.91. The molecule has 120 valence electrons. The highest BCUT2D eigenvalue weighted by Crippen LogP contribution is 2.31. The summed E-state index contributed by atoms with van der Waals surface area (Å²) in [6, 6.07) is 0. The van der Waals surface area contributed by atoms with Gasteiger partial charge in [0.2, 0.25) is 11.6 Å². The Morgan fingerprint density at radius 2 is 1.52 bits per heavy atom. The van der Waals surface area contributed by atoms with E-state index in [-0.39, 0.29) is 13.0 Å². The second-order valence-corrected chi connectivity index (χ2v) is 5.70. The van der Waals surface area contributed by atoms with Crippen LogP contribution in [0.4, 0.5) is 17.6 Å². The minimum atomic E-state index is -1.44. The lowest BCUT2D eigenvalue weighted by Gasteiger charge is -2.13. The van der Waals surface area contributed by atoms with Crippen LogP contribution < -0.4 is 4.74 Å². The first-order chi connectivity index (χ1) is 10.0. The fourth-order valence-electron chi connectivity index (χ4n) is 1.92. The van der Waals surface area contributed by atoms with E-state index in [0.717, 1.165) is 12.8 Å². The summed E-state index contributed by atoms with van der Waals surface area (Å²) in [5, 5.41) is 0. The average Bonchev–Trinajstić information content (AvgIpc) is 2.48. The largest absolute Gasteiger partial charge is 0.487 e. The molecule has 0 aliphatic carbocycles. The van der Waals surface area contributed by atoms with E-state index in [0.29, 0.717) is 18.6 Å². The van der Waals surface area contributed by atoms with Crippen LogP contribution in [0.3, 0.4) is 0 Å². The molecule has 0 fully saturated rings. The zero-order valence-electron chi connectivity index (χ0n) is 12.3. The first-order valence-electron chi connectivity index (χ1n) is 7.01. The molecule has 0 spiro atoms. The van der Waals surface area contributed by atoms with Gasteiger partial charge in [0.15, 0.2) is 17.4 Å². The highest BCUT2D eigenvalue weighted by atomic mass is 32.2. The molecule has 0 saturated carbocycles. The van der Waals surface area contributed by atoms with E-state index < -0.39 is 34.6 Å². The predicted octanol–water partition coefficient (Wildman–Crippen LogP) is 5.11. The van der Waals surface area contributed by atoms with Crippen molar-refractivity contribution in [1.82, 2.24) is 0 Å². The molecule has 0 amide bonds. The van der Waals surface area contributed by atoms with Crippen molar-refractivity contribution in [3.63, 3.8) is 0 Å². The fraction of sp³-hybridized carbons (Fsp3) is 0.600. The van der Waals surface area contributed by atoms with Crippen molar-refractivity contribution >= 4 is 11.8 Å². The molecule has 0 atom stereocenters. The third-order valence-corrected chi connectivity index (χ3v) is 3.78. The van der Waals surface area contributed by atoms with Crippen molar-refractivity contribution in [1.29, 1.82) is 0 Å². The summed E-state index contributed by atoms with van der Waals surface area (Å²) in [5.74, 6) is -5.86. The minimum Gasteiger partial charge on any atom is -0.487 e. The van der Waals surface area contributed by atoms with Crippen LogP contribution in [0.15, 0.2) is 0 Å². The molecule has 6 heteroatoms. The van der Waals surface area contributed by atoms with E-state index in [1.165, 1.54) is 11.8 Å². The molecule has 1 aromatic carbocycles. The Morgan fingerprint density at radius 3 is 2.05 bits per heavy atom. The predicted molar refractivity (Wildman–Crippen MR) is 78.0 cm³/mol. The fourth-order valence-corrected chi connectivity index (χ4v) is 2.36. The molecule has 0 aliphatic heterocycles. The van der Waals surface area contributed by atoms with Crippen molar-refractivity contribution in [2.24, 2.45) is 0 Å². The monoisotopic (exact) mass is 324 g/mol. The van der Waals surface area contributed by atoms with E-state index >= 15 is 0 Å². The maximum atomic E-state index is 13.8. The second-order valence-electron chi connectivity index (χ2n) is 4.72. The van der Waals surface area contributed by atoms with Crippen molar-refractivity contribution < 1.29 is 22.3 Å². The van der Waals surface area contributed by atoms with Crippen LogP contribution in [0.2, 0.25) is 0 Å². The van der Waals surface area contributed by atoms with Gasteiger partial charge in [-0.3, -0.25) is 0 Å². The molecule has 0 aliphatic rings. The smallest absolute Gasteiger partial charge is 0.204 e. The Hall–Kier alpha value is -0.910. The standard InChI is InChI=1S/C15H20F4OS/c1-3-4-5-8-20-15-13(18)11(16)10(7-6-9-21-2)12(17)14(15)19/h3-9H2,1-2H3. The van der Waals surface area contributed by atoms with E-state index in [9.17, 15) is 17.6 Å². The van der Waals surface area contributed by atoms with Crippen LogP contribution in [0.25, 0.3) is 0 Å². The van der Waals surface area contributed by atoms with Crippen LogP contribution in [-0.4, -0.2) is 18.6 Å². The molecular weight excluding hydrogens is 304 g/mol. The van der Waals surface area contributed by atoms with Crippen molar-refractivity contribution in [2.75, 3.05) is 18.6 Å². The molecule has 0 saturated heterocycles. The van der Waals surface area contributed by atoms with Gasteiger partial charge in [0.05, 0.1) is 6.61 Å². The van der Waals surface area contributed by atoms with E-state index in [4.69, 9.17) is 4.74 Å². The quantitative estimate of drug-likeness (QED) is 0.355. The topological polar surface area (TPSA) is 9.23 Å². The number of ether oxygens (including phenoxy) is 1. The van der Waals surface area contributed by atoms with Gasteiger partial charge < -0.3 is 4.74 Å². The third kappa shape index (κ3) is 4.80. The van der Waals surface area contributed by atoms with Crippen molar-refractivity contribution in [3.05, 3.63) is 28.8 Å². The van der Waals surface area contributed by atoms with Gasteiger partial charge in [-0.15, -0.1) is 0 Å². The number of hydrogen-bond donors (Lipinski definition) is 0. The lowest BCUT2D eigenvalue weighted by Crippen LogP contribution is -2.09. The number of thioether (sulfide) groups is 1. The van der Waals surface area contributed by atoms with Crippen LogP contribution in [-0.2, 0) is 6.42 Å². The number of unbranched alkanes of at least 4 members (excludes halogenated alkanes) is 2. The van der Waals surface area contributed by atoms with Gasteiger partial charge in [0.25, 0.3) is 0 Å². The van der Waals surface area contributed by atoms with Gasteiger partial charge in [0, 0.05) is 5.56 Å². The number of rotatable bonds is 9. The van der Waals surface area contributed by atoms with Gasteiger partial charge in [-0.1, -0.05) is 19.8 Å². The summed E-state index contributed by atoms with van der Waals surface area (Å²) < 4.78 is 60.2. The van der Waals surface area contributed by atoms with Gasteiger partial charge in [-0.2, -0.15) is 20.5 Å². The lowest BCUT2D eigenvalue weighted by molar-refractivity contribution is 0.263. The second kappa shape index (κ2) is 9.18. The lowest BCUT2D eigenvalue weighted by atomic mass is 10.1. The maximum absolute atomic E-state index is 13.8. The van der Waals surface area contributed by atoms with Gasteiger partial charge in [0.1, 0.15) is 0 Å². The third-order valence-electron chi connectivity index (χ3n) is 3.08. The molecule has 1 nitrogen and oxygen atoms in total. The van der Waals surface area contributed by atoms with Gasteiger partial charge in [-0.05, 0) is 31.3 Å². The summed E-state index contributed by atoms with van der Waals surface area (Å²) in [5.41, 5.74) is -0.542. The first-order valence-corrected chi connectivity index (χ1v) is 8.40. The summed E-state index contributed by atoms with van der Waals surface area (Å²) in [6.07, 6.45) is 4.56. The molecule has 1 aromatic rings. The SMILES string of the molecule is CCCCCOc1c(F)c(F)c(CCCSC)c(F)c1F. The maximum Gasteiger partial charge on any atom is 0.204 e. The number of hydrogen-bond acceptors (Lipinski definition) is 2. The molecule has 0 N–H and O–H groups in total. The summed E-state index contributed by atoms with van der Waals surface area (Å²) in [6.45, 7) is 2.00. The molecule has 0 radical (unpaired) electrons. The zero-order valence-corrected chi connectivity index (χ0v) is 13.1. The molecule has 0 heterocycles. The Bertz CT molecular complexity index is 436. The molecule has 21 heavy (non-hydrogen) atoms. The van der Waals surface area contributed by atoms with E-state index in [1.807, 2.05) is 13.2 Å². The number of halogens is 4. The summed E-state index contributed by atoms with van der Waals surface area (Å²) >= 11 is 1.50. The molecule has 0 aromatic heterocycles. The van der Waals surface area contributed by atoms with Crippen LogP contribution in [0.1, 0.15) is 38.2 Å². The normalized spacial score (nSPS) is 11.0. The van der Waals surface area contributed by atoms with Gasteiger partial charge >= 0.3 is 0 Å². The van der Waals surface area contributed by atoms with Crippen LogP contribution >= 0.6 is 11.8 Å². The minimum absolute atomic E-state index is 0.0341. The summed E-state index contributed by atoms with van der Waals surface area (Å²) in [4.78, 5) is 0. The highest BCUT2D eigenvalue weighted by Gasteiger charge is 2.26.